The highest BCUT2D eigenvalue weighted by molar-refractivity contribution is 6.31. The fourth-order valence-corrected chi connectivity index (χ4v) is 3.34. The Balaban J connectivity index is 1.43. The normalized spacial score (nSPS) is 17.0. The number of nitrogens with one attached hydrogen (secondary N) is 1. The van der Waals surface area contributed by atoms with Crippen LogP contribution in [0.4, 0.5) is 0 Å². The van der Waals surface area contributed by atoms with Crippen LogP contribution in [-0.4, -0.2) is 39.8 Å². The lowest BCUT2D eigenvalue weighted by Gasteiger charge is -2.32. The summed E-state index contributed by atoms with van der Waals surface area (Å²) < 4.78 is 1.68. The number of guanidine groups is 1. The Bertz CT molecular complexity index is 704. The topological polar surface area (TPSA) is 71.5 Å². The molecular weight excluding hydrogens is 336 g/mol. The van der Waals surface area contributed by atoms with E-state index in [1.54, 1.807) is 10.9 Å². The van der Waals surface area contributed by atoms with Crippen molar-refractivity contribution in [3.8, 4) is 0 Å². The van der Waals surface area contributed by atoms with Crippen LogP contribution >= 0.6 is 11.6 Å². The van der Waals surface area contributed by atoms with Gasteiger partial charge in [0.05, 0.1) is 11.6 Å². The number of piperidine rings is 1. The largest absolute Gasteiger partial charge is 0.370 e. The molecule has 7 heteroatoms. The molecule has 25 heavy (non-hydrogen) atoms. The minimum Gasteiger partial charge on any atom is -0.370 e. The van der Waals surface area contributed by atoms with E-state index in [4.69, 9.17) is 17.3 Å². The van der Waals surface area contributed by atoms with Crippen molar-refractivity contribution >= 4 is 17.6 Å². The molecule has 1 aromatic heterocycles. The van der Waals surface area contributed by atoms with Crippen molar-refractivity contribution in [1.82, 2.24) is 20.0 Å². The Morgan fingerprint density at radius 2 is 2.04 bits per heavy atom. The summed E-state index contributed by atoms with van der Waals surface area (Å²) >= 11 is 6.08. The van der Waals surface area contributed by atoms with Crippen LogP contribution in [0.1, 0.15) is 24.1 Å². The van der Waals surface area contributed by atoms with E-state index in [9.17, 15) is 0 Å². The smallest absolute Gasteiger partial charge is 0.189 e. The van der Waals surface area contributed by atoms with Gasteiger partial charge >= 0.3 is 0 Å². The van der Waals surface area contributed by atoms with Gasteiger partial charge in [0.25, 0.3) is 0 Å². The van der Waals surface area contributed by atoms with Gasteiger partial charge in [0, 0.05) is 38.9 Å². The van der Waals surface area contributed by atoms with Gasteiger partial charge < -0.3 is 11.1 Å². The molecule has 3 rings (SSSR count). The zero-order valence-electron chi connectivity index (χ0n) is 14.5. The third kappa shape index (κ3) is 5.21. The Morgan fingerprint density at radius 3 is 2.68 bits per heavy atom. The van der Waals surface area contributed by atoms with Crippen LogP contribution < -0.4 is 11.1 Å². The quantitative estimate of drug-likeness (QED) is 0.633. The summed E-state index contributed by atoms with van der Waals surface area (Å²) in [6.07, 6.45) is 3.89. The average molecular weight is 361 g/mol. The summed E-state index contributed by atoms with van der Waals surface area (Å²) in [5, 5.41) is 8.21. The van der Waals surface area contributed by atoms with Gasteiger partial charge in [0.1, 0.15) is 5.69 Å². The number of aromatic nitrogens is 2. The number of nitrogens with zero attached hydrogens (tertiary/aromatic N) is 4. The summed E-state index contributed by atoms with van der Waals surface area (Å²) in [7, 11) is 1.84. The summed E-state index contributed by atoms with van der Waals surface area (Å²) in [4.78, 5) is 6.84. The van der Waals surface area contributed by atoms with Gasteiger partial charge in [-0.25, -0.2) is 4.99 Å². The second-order valence-electron chi connectivity index (χ2n) is 6.48. The maximum Gasteiger partial charge on any atom is 0.189 e. The maximum atomic E-state index is 6.08. The van der Waals surface area contributed by atoms with Gasteiger partial charge in [-0.1, -0.05) is 41.9 Å². The highest BCUT2D eigenvalue weighted by Gasteiger charge is 2.19. The number of rotatable bonds is 5. The molecule has 0 bridgehead atoms. The number of halogens is 1. The predicted octanol–water partition coefficient (Wildman–Crippen LogP) is 2.14. The van der Waals surface area contributed by atoms with E-state index in [0.717, 1.165) is 38.2 Å². The number of hydrogen-bond donors (Lipinski definition) is 2. The van der Waals surface area contributed by atoms with Crippen molar-refractivity contribution in [2.24, 2.45) is 17.8 Å². The molecule has 2 heterocycles. The van der Waals surface area contributed by atoms with Gasteiger partial charge in [-0.05, 0) is 18.4 Å². The van der Waals surface area contributed by atoms with E-state index in [2.05, 4.69) is 50.6 Å². The average Bonchev–Trinajstić information content (AvgIpc) is 2.93. The molecule has 0 amide bonds. The number of hydrogen-bond acceptors (Lipinski definition) is 3. The minimum absolute atomic E-state index is 0.370. The predicted molar refractivity (Wildman–Crippen MR) is 101 cm³/mol. The number of likely N-dealkylation sites (tertiary alicyclic amines) is 1. The van der Waals surface area contributed by atoms with E-state index in [0.29, 0.717) is 23.6 Å². The first-order valence-electron chi connectivity index (χ1n) is 8.61. The van der Waals surface area contributed by atoms with E-state index in [-0.39, 0.29) is 0 Å². The summed E-state index contributed by atoms with van der Waals surface area (Å²) in [6, 6.07) is 11.0. The summed E-state index contributed by atoms with van der Waals surface area (Å²) in [5.74, 6) is 0.461. The first-order chi connectivity index (χ1) is 12.1. The Morgan fingerprint density at radius 1 is 1.32 bits per heavy atom. The molecule has 0 saturated carbocycles. The summed E-state index contributed by atoms with van der Waals surface area (Å²) in [6.45, 7) is 3.53. The lowest BCUT2D eigenvalue weighted by molar-refractivity contribution is 0.199. The van der Waals surface area contributed by atoms with Crippen molar-refractivity contribution in [3.05, 3.63) is 52.8 Å². The molecule has 0 spiro atoms. The minimum atomic E-state index is 0.370. The Hall–Kier alpha value is -2.05. The zero-order chi connectivity index (χ0) is 17.6. The first kappa shape index (κ1) is 17.8. The van der Waals surface area contributed by atoms with E-state index < -0.39 is 0 Å². The number of aliphatic imine (C=N–C) groups is 1. The fourth-order valence-electron chi connectivity index (χ4n) is 3.10. The lowest BCUT2D eigenvalue weighted by atomic mass is 10.0. The van der Waals surface area contributed by atoms with Crippen LogP contribution in [0.3, 0.4) is 0 Å². The third-order valence-corrected chi connectivity index (χ3v) is 4.76. The molecule has 0 aliphatic carbocycles. The van der Waals surface area contributed by atoms with Crippen LogP contribution in [0.15, 0.2) is 41.5 Å². The van der Waals surface area contributed by atoms with Crippen molar-refractivity contribution in [1.29, 1.82) is 0 Å². The van der Waals surface area contributed by atoms with Crippen LogP contribution in [0.2, 0.25) is 5.02 Å². The lowest BCUT2D eigenvalue weighted by Crippen LogP contribution is -2.46. The van der Waals surface area contributed by atoms with E-state index in [1.165, 1.54) is 5.56 Å². The molecule has 1 saturated heterocycles. The first-order valence-corrected chi connectivity index (χ1v) is 8.98. The second kappa shape index (κ2) is 8.36. The standard InChI is InChI=1S/C18H25ClN6/c1-24-13-16(19)17(23-24)11-21-18(20)22-15-7-9-25(10-8-15)12-14-5-3-2-4-6-14/h2-6,13,15H,7-12H2,1H3,(H3,20,21,22). The fraction of sp³-hybridized carbons (Fsp3) is 0.444. The SMILES string of the molecule is Cn1cc(Cl)c(CN=C(N)NC2CCN(Cc3ccccc3)CC2)n1. The monoisotopic (exact) mass is 360 g/mol. The van der Waals surface area contributed by atoms with Gasteiger partial charge in [-0.15, -0.1) is 0 Å². The van der Waals surface area contributed by atoms with Gasteiger partial charge in [0.2, 0.25) is 0 Å². The number of nitrogens with two attached hydrogens (primary N) is 1. The molecule has 0 unspecified atom stereocenters. The van der Waals surface area contributed by atoms with Gasteiger partial charge in [0.15, 0.2) is 5.96 Å². The third-order valence-electron chi connectivity index (χ3n) is 4.44. The molecule has 0 radical (unpaired) electrons. The zero-order valence-corrected chi connectivity index (χ0v) is 15.3. The molecule has 1 fully saturated rings. The highest BCUT2D eigenvalue weighted by atomic mass is 35.5. The van der Waals surface area contributed by atoms with Crippen LogP contribution in [0.5, 0.6) is 0 Å². The van der Waals surface area contributed by atoms with E-state index >= 15 is 0 Å². The molecule has 6 nitrogen and oxygen atoms in total. The van der Waals surface area contributed by atoms with Crippen molar-refractivity contribution in [3.63, 3.8) is 0 Å². The molecule has 1 aliphatic heterocycles. The molecule has 3 N–H and O–H groups in total. The molecule has 134 valence electrons. The van der Waals surface area contributed by atoms with Gasteiger partial charge in [-0.2, -0.15) is 5.10 Å². The molecule has 0 atom stereocenters. The maximum absolute atomic E-state index is 6.08. The van der Waals surface area contributed by atoms with Crippen LogP contribution in [0, 0.1) is 0 Å². The van der Waals surface area contributed by atoms with Gasteiger partial charge in [-0.3, -0.25) is 9.58 Å². The van der Waals surface area contributed by atoms with Crippen LogP contribution in [-0.2, 0) is 20.1 Å². The number of aryl methyl sites for hydroxylation is 1. The second-order valence-corrected chi connectivity index (χ2v) is 6.89. The Kier molecular flexibility index (Phi) is 5.94. The summed E-state index contributed by atoms with van der Waals surface area (Å²) in [5.41, 5.74) is 8.12. The number of benzene rings is 1. The van der Waals surface area contributed by atoms with Crippen LogP contribution in [0.25, 0.3) is 0 Å². The van der Waals surface area contributed by atoms with E-state index in [1.807, 2.05) is 7.05 Å². The van der Waals surface area contributed by atoms with Crippen molar-refractivity contribution in [2.45, 2.75) is 32.0 Å². The highest BCUT2D eigenvalue weighted by Crippen LogP contribution is 2.15. The molecular formula is C18H25ClN6. The molecule has 1 aromatic carbocycles. The molecule has 2 aromatic rings. The Labute approximate surface area is 153 Å². The molecule has 1 aliphatic rings. The van der Waals surface area contributed by atoms with Crippen molar-refractivity contribution in [2.75, 3.05) is 13.1 Å². The van der Waals surface area contributed by atoms with Crippen molar-refractivity contribution < 1.29 is 0 Å².